The molecule has 2 rings (SSSR count). The third kappa shape index (κ3) is 11.0. The van der Waals surface area contributed by atoms with E-state index in [1.54, 1.807) is 0 Å². The van der Waals surface area contributed by atoms with Crippen LogP contribution in [0.5, 0.6) is 0 Å². The SMILES string of the molecule is CCCCC(F)(F)C(=O)CC[C@@H]1C(CCCCCCC(=O)OC)[C@@H](OC(C)=O)C[C@H]1OC1CCCCO1. The summed E-state index contributed by atoms with van der Waals surface area (Å²) in [6.45, 7) is 3.81. The van der Waals surface area contributed by atoms with Crippen molar-refractivity contribution in [1.82, 2.24) is 0 Å². The van der Waals surface area contributed by atoms with E-state index in [-0.39, 0.29) is 55.1 Å². The fraction of sp³-hybridized carbons (Fsp3) is 0.893. The van der Waals surface area contributed by atoms with Crippen LogP contribution in [0.15, 0.2) is 0 Å². The number of hydrogen-bond donors (Lipinski definition) is 0. The first-order chi connectivity index (χ1) is 17.7. The molecule has 1 heterocycles. The molecule has 0 N–H and O–H groups in total. The lowest BCUT2D eigenvalue weighted by molar-refractivity contribution is -0.196. The van der Waals surface area contributed by atoms with E-state index in [1.165, 1.54) is 14.0 Å². The van der Waals surface area contributed by atoms with Crippen LogP contribution in [0.25, 0.3) is 0 Å². The second kappa shape index (κ2) is 16.4. The molecule has 2 unspecified atom stereocenters. The number of Topliss-reactive ketones (excluding diaryl/α,β-unsaturated/α-hetero) is 1. The van der Waals surface area contributed by atoms with E-state index in [9.17, 15) is 23.2 Å². The highest BCUT2D eigenvalue weighted by atomic mass is 19.3. The second-order valence-electron chi connectivity index (χ2n) is 10.5. The number of halogens is 2. The van der Waals surface area contributed by atoms with Crippen LogP contribution in [-0.4, -0.2) is 55.9 Å². The maximum absolute atomic E-state index is 14.4. The summed E-state index contributed by atoms with van der Waals surface area (Å²) in [5.41, 5.74) is 0. The van der Waals surface area contributed by atoms with Gasteiger partial charge < -0.3 is 18.9 Å². The molecular formula is C28H46F2O7. The van der Waals surface area contributed by atoms with Crippen molar-refractivity contribution in [3.63, 3.8) is 0 Å². The molecule has 0 bridgehead atoms. The van der Waals surface area contributed by atoms with Gasteiger partial charge >= 0.3 is 17.9 Å². The molecule has 0 spiro atoms. The van der Waals surface area contributed by atoms with Crippen LogP contribution in [0.2, 0.25) is 0 Å². The number of hydrogen-bond acceptors (Lipinski definition) is 7. The highest BCUT2D eigenvalue weighted by Crippen LogP contribution is 2.43. The van der Waals surface area contributed by atoms with E-state index in [4.69, 9.17) is 14.2 Å². The van der Waals surface area contributed by atoms with Gasteiger partial charge in [-0.2, -0.15) is 8.78 Å². The Morgan fingerprint density at radius 1 is 0.946 bits per heavy atom. The molecular weight excluding hydrogens is 486 g/mol. The number of carbonyl (C=O) groups is 3. The van der Waals surface area contributed by atoms with Crippen molar-refractivity contribution in [3.05, 3.63) is 0 Å². The molecule has 2 fully saturated rings. The number of ketones is 1. The minimum atomic E-state index is -3.32. The Morgan fingerprint density at radius 3 is 2.32 bits per heavy atom. The molecule has 5 atom stereocenters. The van der Waals surface area contributed by atoms with Gasteiger partial charge in [0.2, 0.25) is 5.78 Å². The van der Waals surface area contributed by atoms with Crippen LogP contribution in [0.3, 0.4) is 0 Å². The number of ether oxygens (including phenoxy) is 4. The first kappa shape index (κ1) is 31.6. The maximum atomic E-state index is 14.4. The van der Waals surface area contributed by atoms with Crippen LogP contribution < -0.4 is 0 Å². The summed E-state index contributed by atoms with van der Waals surface area (Å²) >= 11 is 0. The molecule has 0 aromatic heterocycles. The molecule has 214 valence electrons. The van der Waals surface area contributed by atoms with Crippen molar-refractivity contribution in [2.45, 2.75) is 135 Å². The Balaban J connectivity index is 2.07. The minimum absolute atomic E-state index is 0.0878. The molecule has 37 heavy (non-hydrogen) atoms. The highest BCUT2D eigenvalue weighted by molar-refractivity contribution is 5.85. The monoisotopic (exact) mass is 532 g/mol. The summed E-state index contributed by atoms with van der Waals surface area (Å²) < 4.78 is 51.2. The number of esters is 2. The average molecular weight is 533 g/mol. The fourth-order valence-electron chi connectivity index (χ4n) is 5.57. The zero-order valence-corrected chi connectivity index (χ0v) is 22.8. The van der Waals surface area contributed by atoms with Gasteiger partial charge in [0, 0.05) is 45.1 Å². The van der Waals surface area contributed by atoms with E-state index in [2.05, 4.69) is 4.74 Å². The van der Waals surface area contributed by atoms with Gasteiger partial charge in [-0.1, -0.05) is 32.6 Å². The molecule has 1 saturated heterocycles. The Labute approximate surface area is 220 Å². The Kier molecular flexibility index (Phi) is 14.0. The van der Waals surface area contributed by atoms with E-state index in [0.29, 0.717) is 32.3 Å². The normalized spacial score (nSPS) is 26.1. The number of carbonyl (C=O) groups excluding carboxylic acids is 3. The first-order valence-corrected chi connectivity index (χ1v) is 14.1. The van der Waals surface area contributed by atoms with Gasteiger partial charge in [0.25, 0.3) is 0 Å². The standard InChI is InChI=1S/C28H46F2O7/c1-4-5-17-28(29,30)25(32)16-15-22-21(12-8-6-7-9-13-26(33)34-3)23(36-20(2)31)19-24(22)37-27-14-10-11-18-35-27/h21-24,27H,4-19H2,1-3H3/t21?,22-,23+,24-,27?/m1/s1. The largest absolute Gasteiger partial charge is 0.469 e. The second-order valence-corrected chi connectivity index (χ2v) is 10.5. The summed E-state index contributed by atoms with van der Waals surface area (Å²) in [5.74, 6) is -5.22. The smallest absolute Gasteiger partial charge is 0.305 e. The number of rotatable bonds is 17. The van der Waals surface area contributed by atoms with Gasteiger partial charge in [0.15, 0.2) is 6.29 Å². The maximum Gasteiger partial charge on any atom is 0.305 e. The van der Waals surface area contributed by atoms with Crippen LogP contribution >= 0.6 is 0 Å². The predicted molar refractivity (Wildman–Crippen MR) is 134 cm³/mol. The molecule has 0 amide bonds. The molecule has 2 aliphatic rings. The van der Waals surface area contributed by atoms with E-state index in [1.807, 2.05) is 6.92 Å². The molecule has 0 aromatic carbocycles. The molecule has 1 saturated carbocycles. The van der Waals surface area contributed by atoms with Gasteiger partial charge in [0.1, 0.15) is 6.10 Å². The lowest BCUT2D eigenvalue weighted by Gasteiger charge is -2.30. The van der Waals surface area contributed by atoms with Crippen molar-refractivity contribution in [2.24, 2.45) is 11.8 Å². The molecule has 7 nitrogen and oxygen atoms in total. The van der Waals surface area contributed by atoms with Crippen LogP contribution in [0.1, 0.15) is 110 Å². The van der Waals surface area contributed by atoms with Gasteiger partial charge in [-0.25, -0.2) is 0 Å². The number of alkyl halides is 2. The van der Waals surface area contributed by atoms with Crippen LogP contribution in [0.4, 0.5) is 8.78 Å². The zero-order chi connectivity index (χ0) is 27.3. The third-order valence-electron chi connectivity index (χ3n) is 7.60. The summed E-state index contributed by atoms with van der Waals surface area (Å²) in [4.78, 5) is 35.7. The van der Waals surface area contributed by atoms with Crippen molar-refractivity contribution < 1.29 is 42.1 Å². The Morgan fingerprint density at radius 2 is 1.68 bits per heavy atom. The van der Waals surface area contributed by atoms with Crippen molar-refractivity contribution in [1.29, 1.82) is 0 Å². The lowest BCUT2D eigenvalue weighted by Crippen LogP contribution is -2.33. The van der Waals surface area contributed by atoms with Gasteiger partial charge in [-0.3, -0.25) is 14.4 Å². The van der Waals surface area contributed by atoms with Crippen LogP contribution in [-0.2, 0) is 33.3 Å². The third-order valence-corrected chi connectivity index (χ3v) is 7.60. The Bertz CT molecular complexity index is 709. The molecule has 1 aliphatic carbocycles. The quantitative estimate of drug-likeness (QED) is 0.164. The van der Waals surface area contributed by atoms with E-state index >= 15 is 0 Å². The first-order valence-electron chi connectivity index (χ1n) is 14.1. The molecule has 9 heteroatoms. The van der Waals surface area contributed by atoms with Gasteiger partial charge in [-0.05, 0) is 50.9 Å². The number of unbranched alkanes of at least 4 members (excludes halogenated alkanes) is 4. The fourth-order valence-corrected chi connectivity index (χ4v) is 5.57. The topological polar surface area (TPSA) is 88.1 Å². The molecule has 1 aliphatic heterocycles. The Hall–Kier alpha value is -1.61. The van der Waals surface area contributed by atoms with Gasteiger partial charge in [-0.15, -0.1) is 0 Å². The summed E-state index contributed by atoms with van der Waals surface area (Å²) in [6.07, 6.45) is 7.09. The molecule has 0 radical (unpaired) electrons. The predicted octanol–water partition coefficient (Wildman–Crippen LogP) is 6.15. The van der Waals surface area contributed by atoms with E-state index in [0.717, 1.165) is 51.4 Å². The van der Waals surface area contributed by atoms with E-state index < -0.39 is 18.1 Å². The summed E-state index contributed by atoms with van der Waals surface area (Å²) in [5, 5.41) is 0. The summed E-state index contributed by atoms with van der Waals surface area (Å²) in [7, 11) is 1.37. The summed E-state index contributed by atoms with van der Waals surface area (Å²) in [6, 6.07) is 0. The van der Waals surface area contributed by atoms with Gasteiger partial charge in [0.05, 0.1) is 13.2 Å². The highest BCUT2D eigenvalue weighted by Gasteiger charge is 2.47. The van der Waals surface area contributed by atoms with Crippen molar-refractivity contribution in [2.75, 3.05) is 13.7 Å². The zero-order valence-electron chi connectivity index (χ0n) is 22.8. The molecule has 0 aromatic rings. The van der Waals surface area contributed by atoms with Crippen LogP contribution in [0, 0.1) is 11.8 Å². The van der Waals surface area contributed by atoms with Crippen molar-refractivity contribution >= 4 is 17.7 Å². The lowest BCUT2D eigenvalue weighted by atomic mass is 9.84. The number of methoxy groups -OCH3 is 1. The van der Waals surface area contributed by atoms with Crippen molar-refractivity contribution in [3.8, 4) is 0 Å². The average Bonchev–Trinajstić information content (AvgIpc) is 3.18. The minimum Gasteiger partial charge on any atom is -0.469 e.